The number of hydrogen-bond acceptors (Lipinski definition) is 3. The zero-order valence-electron chi connectivity index (χ0n) is 11.8. The lowest BCUT2D eigenvalue weighted by molar-refractivity contribution is -0.120. The molecule has 7 heteroatoms. The number of anilines is 1. The third-order valence-electron chi connectivity index (χ3n) is 2.80. The van der Waals surface area contributed by atoms with Crippen LogP contribution in [0, 0.1) is 6.92 Å². The van der Waals surface area contributed by atoms with E-state index in [1.54, 1.807) is 25.1 Å². The van der Waals surface area contributed by atoms with E-state index in [1.165, 1.54) is 4.31 Å². The maximum Gasteiger partial charge on any atom is 0.232 e. The van der Waals surface area contributed by atoms with Crippen LogP contribution in [-0.2, 0) is 14.8 Å². The lowest BCUT2D eigenvalue weighted by atomic mass is 10.2. The first-order chi connectivity index (χ1) is 9.25. The molecule has 0 saturated heterocycles. The summed E-state index contributed by atoms with van der Waals surface area (Å²) in [6.07, 6.45) is 1.50. The van der Waals surface area contributed by atoms with E-state index in [-0.39, 0.29) is 19.0 Å². The number of carbonyl (C=O) groups excluding carboxylic acids is 1. The molecule has 20 heavy (non-hydrogen) atoms. The minimum absolute atomic E-state index is 0.110. The van der Waals surface area contributed by atoms with Crippen molar-refractivity contribution in [2.24, 2.45) is 0 Å². The topological polar surface area (TPSA) is 66.5 Å². The van der Waals surface area contributed by atoms with E-state index in [9.17, 15) is 13.2 Å². The maximum absolute atomic E-state index is 11.9. The number of halogens is 1. The number of carbonyl (C=O) groups is 1. The molecule has 0 saturated carbocycles. The fourth-order valence-electron chi connectivity index (χ4n) is 1.74. The van der Waals surface area contributed by atoms with Gasteiger partial charge in [0.25, 0.3) is 0 Å². The number of nitrogens with zero attached hydrogens (tertiary/aromatic N) is 1. The monoisotopic (exact) mass is 318 g/mol. The van der Waals surface area contributed by atoms with Crippen LogP contribution < -0.4 is 9.62 Å². The first-order valence-electron chi connectivity index (χ1n) is 6.26. The second kappa shape index (κ2) is 6.95. The van der Waals surface area contributed by atoms with Gasteiger partial charge in [-0.3, -0.25) is 9.10 Å². The van der Waals surface area contributed by atoms with Gasteiger partial charge in [0.15, 0.2) is 0 Å². The summed E-state index contributed by atoms with van der Waals surface area (Å²) in [5, 5.41) is 3.13. The molecular weight excluding hydrogens is 300 g/mol. The van der Waals surface area contributed by atoms with Gasteiger partial charge in [-0.25, -0.2) is 8.42 Å². The SMILES string of the molecule is CCC(=O)NCCN(c1cc(Cl)ccc1C)S(C)(=O)=O. The molecule has 1 aromatic rings. The molecule has 1 N–H and O–H groups in total. The molecule has 0 unspecified atom stereocenters. The summed E-state index contributed by atoms with van der Waals surface area (Å²) in [4.78, 5) is 11.2. The van der Waals surface area contributed by atoms with Crippen molar-refractivity contribution >= 4 is 33.2 Å². The maximum atomic E-state index is 11.9. The highest BCUT2D eigenvalue weighted by Gasteiger charge is 2.19. The zero-order valence-corrected chi connectivity index (χ0v) is 13.4. The smallest absolute Gasteiger partial charge is 0.232 e. The molecule has 0 bridgehead atoms. The molecule has 0 spiro atoms. The lowest BCUT2D eigenvalue weighted by Gasteiger charge is -2.24. The molecule has 0 radical (unpaired) electrons. The highest BCUT2D eigenvalue weighted by atomic mass is 35.5. The van der Waals surface area contributed by atoms with Crippen molar-refractivity contribution < 1.29 is 13.2 Å². The number of sulfonamides is 1. The normalized spacial score (nSPS) is 11.2. The lowest BCUT2D eigenvalue weighted by Crippen LogP contribution is -2.38. The Bertz CT molecular complexity index is 587. The van der Waals surface area contributed by atoms with Crippen molar-refractivity contribution in [3.63, 3.8) is 0 Å². The van der Waals surface area contributed by atoms with E-state index in [2.05, 4.69) is 5.32 Å². The van der Waals surface area contributed by atoms with E-state index in [1.807, 2.05) is 6.92 Å². The third-order valence-corrected chi connectivity index (χ3v) is 4.21. The Morgan fingerprint density at radius 3 is 2.60 bits per heavy atom. The average molecular weight is 319 g/mol. The Kier molecular flexibility index (Phi) is 5.83. The van der Waals surface area contributed by atoms with Crippen LogP contribution in [0.15, 0.2) is 18.2 Å². The van der Waals surface area contributed by atoms with Gasteiger partial charge in [0.05, 0.1) is 18.5 Å². The van der Waals surface area contributed by atoms with Crippen molar-refractivity contribution in [3.8, 4) is 0 Å². The number of benzene rings is 1. The quantitative estimate of drug-likeness (QED) is 0.871. The standard InChI is InChI=1S/C13H19ClN2O3S/c1-4-13(17)15-7-8-16(20(3,18)19)12-9-11(14)6-5-10(12)2/h5-6,9H,4,7-8H2,1-3H3,(H,15,17). The van der Waals surface area contributed by atoms with Gasteiger partial charge in [-0.2, -0.15) is 0 Å². The number of amides is 1. The average Bonchev–Trinajstić information content (AvgIpc) is 2.36. The molecule has 1 aromatic carbocycles. The van der Waals surface area contributed by atoms with Crippen molar-refractivity contribution in [2.45, 2.75) is 20.3 Å². The number of aryl methyl sites for hydroxylation is 1. The van der Waals surface area contributed by atoms with Crippen molar-refractivity contribution in [3.05, 3.63) is 28.8 Å². The minimum Gasteiger partial charge on any atom is -0.354 e. The third kappa shape index (κ3) is 4.68. The van der Waals surface area contributed by atoms with E-state index in [0.29, 0.717) is 17.1 Å². The molecular formula is C13H19ClN2O3S. The van der Waals surface area contributed by atoms with Crippen LogP contribution in [0.5, 0.6) is 0 Å². The molecule has 0 heterocycles. The summed E-state index contributed by atoms with van der Waals surface area (Å²) in [5.41, 5.74) is 1.34. The second-order valence-electron chi connectivity index (χ2n) is 4.47. The van der Waals surface area contributed by atoms with E-state index in [4.69, 9.17) is 11.6 Å². The van der Waals surface area contributed by atoms with Crippen LogP contribution in [0.1, 0.15) is 18.9 Å². The zero-order chi connectivity index (χ0) is 15.3. The Morgan fingerprint density at radius 1 is 1.40 bits per heavy atom. The molecule has 5 nitrogen and oxygen atoms in total. The Hall–Kier alpha value is -1.27. The summed E-state index contributed by atoms with van der Waals surface area (Å²) < 4.78 is 25.1. The fraction of sp³-hybridized carbons (Fsp3) is 0.462. The first kappa shape index (κ1) is 16.8. The van der Waals surface area contributed by atoms with Crippen LogP contribution in [0.4, 0.5) is 5.69 Å². The highest BCUT2D eigenvalue weighted by molar-refractivity contribution is 7.92. The summed E-state index contributed by atoms with van der Waals surface area (Å²) in [5.74, 6) is -0.110. The van der Waals surface area contributed by atoms with E-state index < -0.39 is 10.0 Å². The molecule has 0 aromatic heterocycles. The molecule has 0 atom stereocenters. The summed E-state index contributed by atoms with van der Waals surface area (Å²) in [7, 11) is -3.44. The van der Waals surface area contributed by atoms with Crippen LogP contribution in [0.25, 0.3) is 0 Å². The van der Waals surface area contributed by atoms with E-state index >= 15 is 0 Å². The predicted octanol–water partition coefficient (Wildman–Crippen LogP) is 1.94. The van der Waals surface area contributed by atoms with Crippen LogP contribution in [0.3, 0.4) is 0 Å². The van der Waals surface area contributed by atoms with Crippen molar-refractivity contribution in [2.75, 3.05) is 23.7 Å². The van der Waals surface area contributed by atoms with Gasteiger partial charge in [0, 0.05) is 18.0 Å². The summed E-state index contributed by atoms with van der Waals surface area (Å²) in [6, 6.07) is 5.08. The number of rotatable bonds is 6. The Balaban J connectivity index is 2.96. The molecule has 0 fully saturated rings. The van der Waals surface area contributed by atoms with Gasteiger partial charge in [-0.1, -0.05) is 24.6 Å². The molecule has 112 valence electrons. The number of nitrogens with one attached hydrogen (secondary N) is 1. The first-order valence-corrected chi connectivity index (χ1v) is 8.49. The van der Waals surface area contributed by atoms with Gasteiger partial charge in [0.1, 0.15) is 0 Å². The Labute approximate surface area is 125 Å². The van der Waals surface area contributed by atoms with Gasteiger partial charge in [-0.15, -0.1) is 0 Å². The van der Waals surface area contributed by atoms with Gasteiger partial charge < -0.3 is 5.32 Å². The molecule has 1 rings (SSSR count). The van der Waals surface area contributed by atoms with Crippen LogP contribution in [0.2, 0.25) is 5.02 Å². The molecule has 0 aliphatic rings. The fourth-order valence-corrected chi connectivity index (χ4v) is 2.88. The van der Waals surface area contributed by atoms with Crippen molar-refractivity contribution in [1.82, 2.24) is 5.32 Å². The predicted molar refractivity (Wildman–Crippen MR) is 81.7 cm³/mol. The molecule has 1 amide bonds. The summed E-state index contributed by atoms with van der Waals surface area (Å²) in [6.45, 7) is 3.98. The second-order valence-corrected chi connectivity index (χ2v) is 6.81. The van der Waals surface area contributed by atoms with Gasteiger partial charge in [0.2, 0.25) is 15.9 Å². The van der Waals surface area contributed by atoms with Crippen LogP contribution in [-0.4, -0.2) is 33.7 Å². The van der Waals surface area contributed by atoms with Gasteiger partial charge in [-0.05, 0) is 24.6 Å². The molecule has 0 aliphatic carbocycles. The largest absolute Gasteiger partial charge is 0.354 e. The number of hydrogen-bond donors (Lipinski definition) is 1. The minimum atomic E-state index is -3.44. The van der Waals surface area contributed by atoms with Crippen molar-refractivity contribution in [1.29, 1.82) is 0 Å². The van der Waals surface area contributed by atoms with Crippen LogP contribution >= 0.6 is 11.6 Å². The Morgan fingerprint density at radius 2 is 2.05 bits per heavy atom. The molecule has 0 aliphatic heterocycles. The highest BCUT2D eigenvalue weighted by Crippen LogP contribution is 2.25. The summed E-state index contributed by atoms with van der Waals surface area (Å²) >= 11 is 5.93. The van der Waals surface area contributed by atoms with E-state index in [0.717, 1.165) is 11.8 Å². The van der Waals surface area contributed by atoms with Gasteiger partial charge >= 0.3 is 0 Å².